The number of nitrogens with one attached hydrogen (secondary N) is 2. The van der Waals surface area contributed by atoms with Crippen molar-refractivity contribution in [2.45, 2.75) is 13.0 Å². The molecular formula is C25H20N4O4S. The zero-order valence-electron chi connectivity index (χ0n) is 18.1. The quantitative estimate of drug-likeness (QED) is 0.440. The second kappa shape index (κ2) is 9.32. The third-order valence-corrected chi connectivity index (χ3v) is 6.10. The van der Waals surface area contributed by atoms with Crippen molar-refractivity contribution in [1.29, 1.82) is 0 Å². The molecule has 0 saturated heterocycles. The summed E-state index contributed by atoms with van der Waals surface area (Å²) < 4.78 is 11.5. The van der Waals surface area contributed by atoms with Crippen LogP contribution in [0.5, 0.6) is 11.5 Å². The predicted molar refractivity (Wildman–Crippen MR) is 130 cm³/mol. The number of thiazole rings is 1. The van der Waals surface area contributed by atoms with E-state index < -0.39 is 6.10 Å². The standard InChI is InChI=1S/C25H20N4O4S/c1-15(30)27-18-8-6-17(7-9-18)23-22(16-10-12-26-13-11-16)28-25(34-23)29-24(31)21-14-32-19-4-2-3-5-20(19)33-21/h2-13,21H,14H2,1H3,(H,27,30)(H,28,29,31). The highest BCUT2D eigenvalue weighted by Crippen LogP contribution is 2.39. The molecule has 0 saturated carbocycles. The smallest absolute Gasteiger partial charge is 0.270 e. The molecule has 2 N–H and O–H groups in total. The van der Waals surface area contributed by atoms with Gasteiger partial charge in [-0.15, -0.1) is 0 Å². The average Bonchev–Trinajstić information content (AvgIpc) is 3.28. The summed E-state index contributed by atoms with van der Waals surface area (Å²) in [4.78, 5) is 33.9. The van der Waals surface area contributed by atoms with Crippen molar-refractivity contribution in [3.05, 3.63) is 73.1 Å². The van der Waals surface area contributed by atoms with Gasteiger partial charge in [0.2, 0.25) is 12.0 Å². The van der Waals surface area contributed by atoms with E-state index in [1.165, 1.54) is 18.3 Å². The first-order valence-electron chi connectivity index (χ1n) is 10.6. The molecule has 1 unspecified atom stereocenters. The van der Waals surface area contributed by atoms with Crippen LogP contribution in [0.3, 0.4) is 0 Å². The number of hydrogen-bond donors (Lipinski definition) is 2. The van der Waals surface area contributed by atoms with Crippen LogP contribution in [0.2, 0.25) is 0 Å². The van der Waals surface area contributed by atoms with Gasteiger partial charge >= 0.3 is 0 Å². The maximum atomic E-state index is 12.9. The van der Waals surface area contributed by atoms with Crippen LogP contribution in [0.25, 0.3) is 21.7 Å². The van der Waals surface area contributed by atoms with Gasteiger partial charge in [-0.05, 0) is 42.0 Å². The summed E-state index contributed by atoms with van der Waals surface area (Å²) in [5, 5.41) is 6.08. The highest BCUT2D eigenvalue weighted by atomic mass is 32.1. The maximum absolute atomic E-state index is 12.9. The fourth-order valence-corrected chi connectivity index (χ4v) is 4.51. The Bertz CT molecular complexity index is 1340. The largest absolute Gasteiger partial charge is 0.485 e. The maximum Gasteiger partial charge on any atom is 0.270 e. The number of benzene rings is 2. The highest BCUT2D eigenvalue weighted by molar-refractivity contribution is 7.19. The number of anilines is 2. The molecule has 4 aromatic rings. The Hall–Kier alpha value is -4.24. The minimum absolute atomic E-state index is 0.114. The lowest BCUT2D eigenvalue weighted by atomic mass is 10.1. The van der Waals surface area contributed by atoms with Crippen molar-refractivity contribution >= 4 is 34.0 Å². The molecule has 3 heterocycles. The molecule has 2 aromatic heterocycles. The first kappa shape index (κ1) is 21.6. The molecule has 8 nitrogen and oxygen atoms in total. The first-order chi connectivity index (χ1) is 16.6. The van der Waals surface area contributed by atoms with Crippen LogP contribution in [0, 0.1) is 0 Å². The van der Waals surface area contributed by atoms with Gasteiger partial charge in [0.1, 0.15) is 6.61 Å². The van der Waals surface area contributed by atoms with E-state index in [1.54, 1.807) is 24.5 Å². The molecule has 9 heteroatoms. The van der Waals surface area contributed by atoms with Crippen molar-refractivity contribution in [3.8, 4) is 33.2 Å². The molecular weight excluding hydrogens is 452 g/mol. The van der Waals surface area contributed by atoms with Crippen LogP contribution in [0.4, 0.5) is 10.8 Å². The monoisotopic (exact) mass is 472 g/mol. The van der Waals surface area contributed by atoms with Crippen LogP contribution in [0.1, 0.15) is 6.92 Å². The molecule has 0 fully saturated rings. The van der Waals surface area contributed by atoms with Gasteiger partial charge in [0.15, 0.2) is 16.6 Å². The number of pyridine rings is 1. The molecule has 0 bridgehead atoms. The van der Waals surface area contributed by atoms with Gasteiger partial charge in [-0.3, -0.25) is 19.9 Å². The second-order valence-corrected chi connectivity index (χ2v) is 8.54. The molecule has 5 rings (SSSR count). The zero-order chi connectivity index (χ0) is 23.5. The van der Waals surface area contributed by atoms with E-state index in [0.29, 0.717) is 22.3 Å². The van der Waals surface area contributed by atoms with E-state index >= 15 is 0 Å². The Morgan fingerprint density at radius 3 is 2.41 bits per heavy atom. The normalized spacial score (nSPS) is 14.3. The van der Waals surface area contributed by atoms with Gasteiger partial charge in [0.05, 0.1) is 10.6 Å². The van der Waals surface area contributed by atoms with Crippen LogP contribution in [0.15, 0.2) is 73.1 Å². The molecule has 1 aliphatic heterocycles. The number of fused-ring (bicyclic) bond motifs is 1. The van der Waals surface area contributed by atoms with Gasteiger partial charge in [0.25, 0.3) is 5.91 Å². The van der Waals surface area contributed by atoms with E-state index in [9.17, 15) is 9.59 Å². The fraction of sp³-hybridized carbons (Fsp3) is 0.120. The number of ether oxygens (including phenoxy) is 2. The molecule has 34 heavy (non-hydrogen) atoms. The zero-order valence-corrected chi connectivity index (χ0v) is 19.0. The molecule has 0 spiro atoms. The SMILES string of the molecule is CC(=O)Nc1ccc(-c2sc(NC(=O)C3COc4ccccc4O3)nc2-c2ccncc2)cc1. The summed E-state index contributed by atoms with van der Waals surface area (Å²) in [7, 11) is 0. The summed E-state index contributed by atoms with van der Waals surface area (Å²) in [5.74, 6) is 0.679. The number of carbonyl (C=O) groups excluding carboxylic acids is 2. The van der Waals surface area contributed by atoms with Crippen molar-refractivity contribution in [3.63, 3.8) is 0 Å². The van der Waals surface area contributed by atoms with Gasteiger partial charge in [-0.25, -0.2) is 4.98 Å². The van der Waals surface area contributed by atoms with Crippen LogP contribution in [-0.2, 0) is 9.59 Å². The lowest BCUT2D eigenvalue weighted by Gasteiger charge is -2.25. The summed E-state index contributed by atoms with van der Waals surface area (Å²) >= 11 is 1.36. The highest BCUT2D eigenvalue weighted by Gasteiger charge is 2.28. The number of nitrogens with zero attached hydrogens (tertiary/aromatic N) is 2. The lowest BCUT2D eigenvalue weighted by Crippen LogP contribution is -2.40. The fourth-order valence-electron chi connectivity index (χ4n) is 3.52. The number of carbonyl (C=O) groups is 2. The number of aromatic nitrogens is 2. The van der Waals surface area contributed by atoms with Crippen molar-refractivity contribution in [2.75, 3.05) is 17.2 Å². The number of para-hydroxylation sites is 2. The minimum Gasteiger partial charge on any atom is -0.485 e. The van der Waals surface area contributed by atoms with Gasteiger partial charge in [0, 0.05) is 30.6 Å². The number of amides is 2. The first-order valence-corrected chi connectivity index (χ1v) is 11.4. The third kappa shape index (κ3) is 4.60. The Morgan fingerprint density at radius 2 is 1.68 bits per heavy atom. The van der Waals surface area contributed by atoms with Gasteiger partial charge < -0.3 is 14.8 Å². The molecule has 1 aliphatic rings. The molecule has 170 valence electrons. The van der Waals surface area contributed by atoms with Crippen molar-refractivity contribution < 1.29 is 19.1 Å². The Labute approximate surface area is 199 Å². The molecule has 0 aliphatic carbocycles. The predicted octanol–water partition coefficient (Wildman–Crippen LogP) is 4.61. The van der Waals surface area contributed by atoms with Crippen molar-refractivity contribution in [1.82, 2.24) is 9.97 Å². The van der Waals surface area contributed by atoms with Crippen LogP contribution < -0.4 is 20.1 Å². The Morgan fingerprint density at radius 1 is 0.941 bits per heavy atom. The number of hydrogen-bond acceptors (Lipinski definition) is 7. The van der Waals surface area contributed by atoms with Gasteiger partial charge in [-0.2, -0.15) is 0 Å². The topological polar surface area (TPSA) is 102 Å². The summed E-state index contributed by atoms with van der Waals surface area (Å²) in [5.41, 5.74) is 3.21. The molecule has 0 radical (unpaired) electrons. The lowest BCUT2D eigenvalue weighted by molar-refractivity contribution is -0.125. The summed E-state index contributed by atoms with van der Waals surface area (Å²) in [6.45, 7) is 1.58. The van der Waals surface area contributed by atoms with Gasteiger partial charge in [-0.1, -0.05) is 35.6 Å². The Balaban J connectivity index is 1.42. The third-order valence-electron chi connectivity index (χ3n) is 5.08. The van der Waals surface area contributed by atoms with Crippen LogP contribution >= 0.6 is 11.3 Å². The minimum atomic E-state index is -0.788. The summed E-state index contributed by atoms with van der Waals surface area (Å²) in [6, 6.07) is 18.4. The summed E-state index contributed by atoms with van der Waals surface area (Å²) in [6.07, 6.45) is 2.60. The van der Waals surface area contributed by atoms with Crippen LogP contribution in [-0.4, -0.2) is 34.5 Å². The molecule has 2 aromatic carbocycles. The van der Waals surface area contributed by atoms with Crippen molar-refractivity contribution in [2.24, 2.45) is 0 Å². The van der Waals surface area contributed by atoms with E-state index in [1.807, 2.05) is 48.5 Å². The van der Waals surface area contributed by atoms with E-state index in [4.69, 9.17) is 14.5 Å². The Kier molecular flexibility index (Phi) is 5.92. The molecule has 2 amide bonds. The molecule has 1 atom stereocenters. The van der Waals surface area contributed by atoms with E-state index in [-0.39, 0.29) is 18.4 Å². The average molecular weight is 473 g/mol. The second-order valence-electron chi connectivity index (χ2n) is 7.54. The number of rotatable bonds is 5. The van der Waals surface area contributed by atoms with E-state index in [0.717, 1.165) is 21.7 Å². The van der Waals surface area contributed by atoms with E-state index in [2.05, 4.69) is 15.6 Å².